The first-order valence-electron chi connectivity index (χ1n) is 4.92. The average molecular weight is 445 g/mol. The molecule has 0 saturated heterocycles. The highest BCUT2D eigenvalue weighted by Gasteiger charge is 2.23. The minimum Gasteiger partial charge on any atom is -0.435 e. The number of rotatable bonds is 3. The second-order valence-electron chi connectivity index (χ2n) is 3.15. The van der Waals surface area contributed by atoms with Gasteiger partial charge in [0.2, 0.25) is 0 Å². The van der Waals surface area contributed by atoms with E-state index in [4.69, 9.17) is 14.7 Å². The fourth-order valence-electron chi connectivity index (χ4n) is 1.26. The summed E-state index contributed by atoms with van der Waals surface area (Å²) in [5.41, 5.74) is 0.418. The van der Waals surface area contributed by atoms with Crippen LogP contribution in [0.5, 0.6) is 0 Å². The molecule has 0 amide bonds. The van der Waals surface area contributed by atoms with Gasteiger partial charge in [0.1, 0.15) is 15.3 Å². The number of carbonyl (C=O) groups excluding carboxylic acids is 1. The van der Waals surface area contributed by atoms with Crippen LogP contribution in [0.3, 0.4) is 0 Å². The number of nitrogens with zero attached hydrogens (tertiary/aromatic N) is 2. The first kappa shape index (κ1) is 15.5. The molecule has 1 aromatic heterocycles. The second-order valence-corrected chi connectivity index (χ2v) is 5.45. The summed E-state index contributed by atoms with van der Waals surface area (Å²) in [6.45, 7) is 3.60. The Kier molecular flexibility index (Phi) is 5.69. The number of ether oxygens (including phenoxy) is 2. The van der Waals surface area contributed by atoms with Crippen LogP contribution >= 0.6 is 47.8 Å². The highest BCUT2D eigenvalue weighted by atomic mass is 79.9. The fourth-order valence-corrected chi connectivity index (χ4v) is 3.65. The molecule has 0 spiro atoms. The van der Waals surface area contributed by atoms with Crippen molar-refractivity contribution in [3.8, 4) is 6.07 Å². The van der Waals surface area contributed by atoms with Gasteiger partial charge in [0.25, 0.3) is 0 Å². The maximum absolute atomic E-state index is 11.2. The highest BCUT2D eigenvalue weighted by molar-refractivity contribution is 9.13. The molecule has 0 bridgehead atoms. The lowest BCUT2D eigenvalue weighted by atomic mass is 10.4. The van der Waals surface area contributed by atoms with Crippen LogP contribution in [0.2, 0.25) is 0 Å². The van der Waals surface area contributed by atoms with Crippen LogP contribution in [0.1, 0.15) is 25.6 Å². The molecule has 0 fully saturated rings. The first-order chi connectivity index (χ1) is 8.43. The Labute approximate surface area is 129 Å². The molecule has 0 aromatic carbocycles. The van der Waals surface area contributed by atoms with Crippen molar-refractivity contribution in [2.24, 2.45) is 0 Å². The Morgan fingerprint density at radius 1 is 1.44 bits per heavy atom. The van der Waals surface area contributed by atoms with E-state index in [2.05, 4.69) is 47.8 Å². The molecule has 0 radical (unpaired) electrons. The molecule has 18 heavy (non-hydrogen) atoms. The molecule has 5 nitrogen and oxygen atoms in total. The lowest BCUT2D eigenvalue weighted by molar-refractivity contribution is 0.00487. The van der Waals surface area contributed by atoms with E-state index >= 15 is 0 Å². The third-order valence-electron chi connectivity index (χ3n) is 2.03. The minimum atomic E-state index is -0.757. The van der Waals surface area contributed by atoms with Gasteiger partial charge in [-0.1, -0.05) is 0 Å². The zero-order valence-corrected chi connectivity index (χ0v) is 14.3. The first-order valence-corrected chi connectivity index (χ1v) is 7.30. The maximum atomic E-state index is 11.2. The van der Waals surface area contributed by atoms with Gasteiger partial charge in [-0.05, 0) is 61.6 Å². The van der Waals surface area contributed by atoms with Gasteiger partial charge in [-0.25, -0.2) is 4.79 Å². The maximum Gasteiger partial charge on any atom is 0.510 e. The summed E-state index contributed by atoms with van der Waals surface area (Å²) in [6.07, 6.45) is -1.38. The van der Waals surface area contributed by atoms with Gasteiger partial charge >= 0.3 is 6.16 Å². The average Bonchev–Trinajstić information content (AvgIpc) is 2.50. The summed E-state index contributed by atoms with van der Waals surface area (Å²) in [5, 5.41) is 9.01. The summed E-state index contributed by atoms with van der Waals surface area (Å²) in [7, 11) is 0. The Morgan fingerprint density at radius 2 is 2.06 bits per heavy atom. The fraction of sp³-hybridized carbons (Fsp3) is 0.400. The van der Waals surface area contributed by atoms with Crippen molar-refractivity contribution in [3.05, 3.63) is 19.2 Å². The van der Waals surface area contributed by atoms with E-state index in [-0.39, 0.29) is 6.61 Å². The van der Waals surface area contributed by atoms with Gasteiger partial charge in [-0.2, -0.15) is 5.26 Å². The number of halogens is 3. The van der Waals surface area contributed by atoms with E-state index in [1.54, 1.807) is 18.4 Å². The molecule has 8 heteroatoms. The molecule has 1 aromatic rings. The smallest absolute Gasteiger partial charge is 0.435 e. The van der Waals surface area contributed by atoms with E-state index in [1.165, 1.54) is 0 Å². The monoisotopic (exact) mass is 442 g/mol. The van der Waals surface area contributed by atoms with Gasteiger partial charge < -0.3 is 9.47 Å². The van der Waals surface area contributed by atoms with Crippen molar-refractivity contribution >= 4 is 53.9 Å². The van der Waals surface area contributed by atoms with E-state index < -0.39 is 12.4 Å². The van der Waals surface area contributed by atoms with Gasteiger partial charge in [-0.15, -0.1) is 0 Å². The minimum absolute atomic E-state index is 0.243. The summed E-state index contributed by atoms with van der Waals surface area (Å²) in [5.74, 6) is 0. The lowest BCUT2D eigenvalue weighted by Crippen LogP contribution is -2.16. The predicted molar refractivity (Wildman–Crippen MR) is 75.1 cm³/mol. The van der Waals surface area contributed by atoms with E-state index in [9.17, 15) is 4.79 Å². The van der Waals surface area contributed by atoms with Crippen LogP contribution in [0, 0.1) is 11.3 Å². The highest BCUT2D eigenvalue weighted by Crippen LogP contribution is 2.38. The standard InChI is InChI=1S/C10H9Br3N2O3/c1-3-17-10(16)18-5(2)15-8(12)6(4-14)7(11)9(15)13/h5H,3H2,1-2H3. The molecule has 1 unspecified atom stereocenters. The number of nitriles is 1. The Bertz CT molecular complexity index is 507. The third kappa shape index (κ3) is 3.08. The van der Waals surface area contributed by atoms with E-state index in [1.807, 2.05) is 6.07 Å². The second kappa shape index (κ2) is 6.59. The van der Waals surface area contributed by atoms with Crippen molar-refractivity contribution in [3.63, 3.8) is 0 Å². The topological polar surface area (TPSA) is 64.2 Å². The Morgan fingerprint density at radius 3 is 2.50 bits per heavy atom. The SMILES string of the molecule is CCOC(=O)OC(C)n1c(Br)c(Br)c(C#N)c1Br. The summed E-state index contributed by atoms with van der Waals surface area (Å²) in [6, 6.07) is 2.04. The van der Waals surface area contributed by atoms with Crippen molar-refractivity contribution in [1.29, 1.82) is 5.26 Å². The number of hydrogen-bond donors (Lipinski definition) is 0. The quantitative estimate of drug-likeness (QED) is 0.650. The molecule has 0 aliphatic carbocycles. The van der Waals surface area contributed by atoms with Crippen LogP contribution in [0.25, 0.3) is 0 Å². The van der Waals surface area contributed by atoms with Crippen LogP contribution in [0.4, 0.5) is 4.79 Å². The molecular formula is C10H9Br3N2O3. The Balaban J connectivity index is 3.04. The van der Waals surface area contributed by atoms with Crippen LogP contribution in [0.15, 0.2) is 13.7 Å². The van der Waals surface area contributed by atoms with Crippen LogP contribution < -0.4 is 0 Å². The molecule has 1 atom stereocenters. The van der Waals surface area contributed by atoms with Crippen LogP contribution in [-0.2, 0) is 9.47 Å². The molecule has 1 heterocycles. The normalized spacial score (nSPS) is 11.8. The van der Waals surface area contributed by atoms with Gasteiger partial charge in [0.15, 0.2) is 6.23 Å². The van der Waals surface area contributed by atoms with Crippen molar-refractivity contribution in [2.75, 3.05) is 6.61 Å². The zero-order valence-electron chi connectivity index (χ0n) is 9.54. The number of hydrogen-bond acceptors (Lipinski definition) is 4. The van der Waals surface area contributed by atoms with Crippen molar-refractivity contribution < 1.29 is 14.3 Å². The largest absolute Gasteiger partial charge is 0.510 e. The summed E-state index contributed by atoms with van der Waals surface area (Å²) in [4.78, 5) is 11.2. The molecule has 1 rings (SSSR count). The molecule has 0 aliphatic heterocycles. The molecule has 0 saturated carbocycles. The van der Waals surface area contributed by atoms with Gasteiger partial charge in [0, 0.05) is 0 Å². The van der Waals surface area contributed by atoms with Crippen molar-refractivity contribution in [2.45, 2.75) is 20.1 Å². The van der Waals surface area contributed by atoms with Gasteiger partial charge in [-0.3, -0.25) is 4.57 Å². The number of carbonyl (C=O) groups is 1. The van der Waals surface area contributed by atoms with Crippen molar-refractivity contribution in [1.82, 2.24) is 4.57 Å². The summed E-state index contributed by atoms with van der Waals surface area (Å²) < 4.78 is 13.1. The Hall–Kier alpha value is -0.520. The molecule has 0 aliphatic rings. The number of aromatic nitrogens is 1. The van der Waals surface area contributed by atoms with Crippen LogP contribution in [-0.4, -0.2) is 17.3 Å². The zero-order chi connectivity index (χ0) is 13.9. The van der Waals surface area contributed by atoms with E-state index in [0.717, 1.165) is 0 Å². The third-order valence-corrected chi connectivity index (χ3v) is 4.90. The van der Waals surface area contributed by atoms with Gasteiger partial charge in [0.05, 0.1) is 16.6 Å². The molecule has 98 valence electrons. The van der Waals surface area contributed by atoms with E-state index in [0.29, 0.717) is 19.2 Å². The molecular weight excluding hydrogens is 436 g/mol. The molecule has 0 N–H and O–H groups in total. The summed E-state index contributed by atoms with van der Waals surface area (Å²) >= 11 is 9.90. The lowest BCUT2D eigenvalue weighted by Gasteiger charge is -2.16. The predicted octanol–water partition coefficient (Wildman–Crippen LogP) is 4.34.